The monoisotopic (exact) mass is 425 g/mol. The second kappa shape index (κ2) is 8.17. The van der Waals surface area contributed by atoms with Gasteiger partial charge in [0, 0.05) is 5.56 Å². The molecule has 2 fully saturated rings. The molecular weight excluding hydrogens is 403 g/mol. The lowest BCUT2D eigenvalue weighted by molar-refractivity contribution is -0.0515. The van der Waals surface area contributed by atoms with E-state index in [1.807, 2.05) is 0 Å². The normalized spacial score (nSPS) is 17.7. The van der Waals surface area contributed by atoms with Gasteiger partial charge in [0.1, 0.15) is 6.17 Å². The highest BCUT2D eigenvalue weighted by atomic mass is 19.3. The van der Waals surface area contributed by atoms with Gasteiger partial charge in [0.05, 0.1) is 25.7 Å². The summed E-state index contributed by atoms with van der Waals surface area (Å²) in [4.78, 5) is 18.2. The largest absolute Gasteiger partial charge is 0.489 e. The molecule has 1 amide bonds. The Morgan fingerprint density at radius 3 is 2.67 bits per heavy atom. The van der Waals surface area contributed by atoms with E-state index in [1.165, 1.54) is 23.1 Å². The van der Waals surface area contributed by atoms with Crippen molar-refractivity contribution in [3.05, 3.63) is 29.7 Å². The summed E-state index contributed by atoms with van der Waals surface area (Å²) in [6.45, 7) is -0.969. The Bertz CT molecular complexity index is 924. The molecule has 7 nitrogen and oxygen atoms in total. The molecule has 2 aromatic rings. The van der Waals surface area contributed by atoms with Crippen molar-refractivity contribution < 1.29 is 31.9 Å². The topological polar surface area (TPSA) is 90.8 Å². The molecule has 0 radical (unpaired) electrons. The molecule has 1 aliphatic heterocycles. The summed E-state index contributed by atoms with van der Waals surface area (Å²) in [6, 6.07) is 3.67. The number of oxazole rings is 1. The average molecular weight is 425 g/mol. The SMILES string of the molecule is C[C@H](N)c1oc(-c2ccc(OC(F)F)c(OCC3CC3)c2)nc1C(=O)N1CC(F)C1. The molecular formula is C20H22F3N3O4. The van der Waals surface area contributed by atoms with Crippen molar-refractivity contribution in [3.63, 3.8) is 0 Å². The number of nitrogens with two attached hydrogens (primary N) is 1. The molecule has 1 atom stereocenters. The standard InChI is InChI=1S/C20H22F3N3O4/c1-10(24)17-16(19(27)26-7-13(21)8-26)25-18(30-17)12-4-5-14(29-20(22)23)15(6-12)28-9-11-2-3-11/h4-6,10-11,13,20H,2-3,7-9,24H2,1H3/t10-/m0/s1. The minimum atomic E-state index is -2.99. The first kappa shape index (κ1) is 20.5. The molecule has 0 unspecified atom stereocenters. The summed E-state index contributed by atoms with van der Waals surface area (Å²) < 4.78 is 54.5. The van der Waals surface area contributed by atoms with Crippen LogP contribution in [0.25, 0.3) is 11.5 Å². The Labute approximate surface area is 170 Å². The minimum Gasteiger partial charge on any atom is -0.489 e. The molecule has 0 spiro atoms. The Kier molecular flexibility index (Phi) is 5.59. The van der Waals surface area contributed by atoms with E-state index in [1.54, 1.807) is 6.92 Å². The lowest BCUT2D eigenvalue weighted by atomic mass is 10.1. The number of amides is 1. The van der Waals surface area contributed by atoms with Gasteiger partial charge in [-0.1, -0.05) is 0 Å². The molecule has 2 N–H and O–H groups in total. The molecule has 0 bridgehead atoms. The third-order valence-corrected chi connectivity index (χ3v) is 4.97. The van der Waals surface area contributed by atoms with Crippen molar-refractivity contribution in [2.45, 2.75) is 38.6 Å². The summed E-state index contributed by atoms with van der Waals surface area (Å²) >= 11 is 0. The van der Waals surface area contributed by atoms with E-state index in [0.717, 1.165) is 12.8 Å². The highest BCUT2D eigenvalue weighted by Crippen LogP contribution is 2.37. The maximum Gasteiger partial charge on any atom is 0.387 e. The van der Waals surface area contributed by atoms with Crippen LogP contribution in [0.3, 0.4) is 0 Å². The third kappa shape index (κ3) is 4.38. The van der Waals surface area contributed by atoms with Crippen LogP contribution in [0.2, 0.25) is 0 Å². The number of carbonyl (C=O) groups is 1. The maximum atomic E-state index is 13.1. The number of benzene rings is 1. The Morgan fingerprint density at radius 1 is 1.33 bits per heavy atom. The number of hydrogen-bond acceptors (Lipinski definition) is 6. The van der Waals surface area contributed by atoms with E-state index in [0.29, 0.717) is 18.1 Å². The molecule has 2 heterocycles. The molecule has 4 rings (SSSR count). The number of nitrogens with zero attached hydrogens (tertiary/aromatic N) is 2. The van der Waals surface area contributed by atoms with E-state index >= 15 is 0 Å². The number of aromatic nitrogens is 1. The van der Waals surface area contributed by atoms with Gasteiger partial charge in [0.25, 0.3) is 5.91 Å². The number of alkyl halides is 3. The summed E-state index contributed by atoms with van der Waals surface area (Å²) in [7, 11) is 0. The van der Waals surface area contributed by atoms with Gasteiger partial charge in [-0.3, -0.25) is 4.79 Å². The molecule has 1 aromatic carbocycles. The first-order chi connectivity index (χ1) is 14.3. The zero-order valence-corrected chi connectivity index (χ0v) is 16.3. The predicted molar refractivity (Wildman–Crippen MR) is 100 cm³/mol. The lowest BCUT2D eigenvalue weighted by Gasteiger charge is -2.33. The smallest absolute Gasteiger partial charge is 0.387 e. The van der Waals surface area contributed by atoms with Crippen LogP contribution >= 0.6 is 0 Å². The average Bonchev–Trinajstić information content (AvgIpc) is 3.39. The fourth-order valence-corrected chi connectivity index (χ4v) is 3.10. The Hall–Kier alpha value is -2.75. The first-order valence-electron chi connectivity index (χ1n) is 9.73. The van der Waals surface area contributed by atoms with Crippen LogP contribution in [0.1, 0.15) is 42.1 Å². The van der Waals surface area contributed by atoms with Crippen LogP contribution < -0.4 is 15.2 Å². The van der Waals surface area contributed by atoms with Crippen molar-refractivity contribution in [1.29, 1.82) is 0 Å². The van der Waals surface area contributed by atoms with Crippen LogP contribution in [0.4, 0.5) is 13.2 Å². The van der Waals surface area contributed by atoms with Gasteiger partial charge in [-0.05, 0) is 43.9 Å². The minimum absolute atomic E-state index is 0.00175. The van der Waals surface area contributed by atoms with Crippen molar-refractivity contribution in [3.8, 4) is 23.0 Å². The highest BCUT2D eigenvalue weighted by molar-refractivity contribution is 5.94. The van der Waals surface area contributed by atoms with Gasteiger partial charge in [-0.15, -0.1) is 0 Å². The van der Waals surface area contributed by atoms with Gasteiger partial charge in [-0.25, -0.2) is 9.37 Å². The molecule has 1 saturated carbocycles. The number of likely N-dealkylation sites (tertiary alicyclic amines) is 1. The number of carbonyl (C=O) groups excluding carboxylic acids is 1. The quantitative estimate of drug-likeness (QED) is 0.696. The fraction of sp³-hybridized carbons (Fsp3) is 0.500. The van der Waals surface area contributed by atoms with Crippen LogP contribution in [0.15, 0.2) is 22.6 Å². The Morgan fingerprint density at radius 2 is 2.07 bits per heavy atom. The van der Waals surface area contributed by atoms with Crippen LogP contribution in [-0.2, 0) is 0 Å². The third-order valence-electron chi connectivity index (χ3n) is 4.97. The zero-order valence-electron chi connectivity index (χ0n) is 16.3. The van der Waals surface area contributed by atoms with E-state index in [9.17, 15) is 18.0 Å². The molecule has 162 valence electrons. The summed E-state index contributed by atoms with van der Waals surface area (Å²) in [5.74, 6) is 0.234. The highest BCUT2D eigenvalue weighted by Gasteiger charge is 2.35. The van der Waals surface area contributed by atoms with E-state index in [2.05, 4.69) is 9.72 Å². The summed E-state index contributed by atoms with van der Waals surface area (Å²) in [6.07, 6.45) is 1.01. The van der Waals surface area contributed by atoms with Gasteiger partial charge < -0.3 is 24.5 Å². The second-order valence-corrected chi connectivity index (χ2v) is 7.62. The molecule has 10 heteroatoms. The number of ether oxygens (including phenoxy) is 2. The van der Waals surface area contributed by atoms with Gasteiger partial charge in [-0.2, -0.15) is 8.78 Å². The van der Waals surface area contributed by atoms with Crippen molar-refractivity contribution >= 4 is 5.91 Å². The van der Waals surface area contributed by atoms with Crippen LogP contribution in [-0.4, -0.2) is 48.3 Å². The number of rotatable bonds is 8. The van der Waals surface area contributed by atoms with Crippen LogP contribution in [0, 0.1) is 5.92 Å². The second-order valence-electron chi connectivity index (χ2n) is 7.62. The van der Waals surface area contributed by atoms with E-state index in [4.69, 9.17) is 14.9 Å². The number of hydrogen-bond donors (Lipinski definition) is 1. The van der Waals surface area contributed by atoms with Gasteiger partial charge in [0.2, 0.25) is 5.89 Å². The summed E-state index contributed by atoms with van der Waals surface area (Å²) in [5.41, 5.74) is 6.35. The molecule has 1 aliphatic carbocycles. The Balaban J connectivity index is 1.64. The molecule has 1 aromatic heterocycles. The number of halogens is 3. The molecule has 30 heavy (non-hydrogen) atoms. The van der Waals surface area contributed by atoms with E-state index in [-0.39, 0.29) is 41.9 Å². The lowest BCUT2D eigenvalue weighted by Crippen LogP contribution is -2.51. The predicted octanol–water partition coefficient (Wildman–Crippen LogP) is 3.55. The van der Waals surface area contributed by atoms with Gasteiger partial charge in [0.15, 0.2) is 23.0 Å². The first-order valence-corrected chi connectivity index (χ1v) is 9.73. The van der Waals surface area contributed by atoms with Gasteiger partial charge >= 0.3 is 6.61 Å². The van der Waals surface area contributed by atoms with Crippen molar-refractivity contribution in [2.24, 2.45) is 11.7 Å². The molecule has 2 aliphatic rings. The molecule has 1 saturated heterocycles. The maximum absolute atomic E-state index is 13.1. The van der Waals surface area contributed by atoms with Crippen molar-refractivity contribution in [2.75, 3.05) is 19.7 Å². The fourth-order valence-electron chi connectivity index (χ4n) is 3.10. The van der Waals surface area contributed by atoms with Crippen LogP contribution in [0.5, 0.6) is 11.5 Å². The van der Waals surface area contributed by atoms with E-state index < -0.39 is 24.7 Å². The van der Waals surface area contributed by atoms with Crippen molar-refractivity contribution in [1.82, 2.24) is 9.88 Å². The zero-order chi connectivity index (χ0) is 21.4. The summed E-state index contributed by atoms with van der Waals surface area (Å²) in [5, 5.41) is 0.